The molecule has 0 bridgehead atoms. The zero-order valence-electron chi connectivity index (χ0n) is 11.1. The lowest BCUT2D eigenvalue weighted by molar-refractivity contribution is 0.532. The van der Waals surface area contributed by atoms with Crippen LogP contribution in [0.25, 0.3) is 0 Å². The van der Waals surface area contributed by atoms with Crippen LogP contribution in [0.5, 0.6) is 0 Å². The molecule has 0 aliphatic heterocycles. The van der Waals surface area contributed by atoms with E-state index in [2.05, 4.69) is 20.4 Å². The van der Waals surface area contributed by atoms with E-state index in [0.29, 0.717) is 5.69 Å². The van der Waals surface area contributed by atoms with Gasteiger partial charge in [-0.2, -0.15) is 15.1 Å². The van der Waals surface area contributed by atoms with Crippen molar-refractivity contribution in [1.29, 1.82) is 5.41 Å². The number of nitrogen functional groups attached to an aromatic ring is 2. The van der Waals surface area contributed by atoms with Crippen LogP contribution >= 0.6 is 11.6 Å². The standard InChI is InChI=1S/C11H15ClN8/c1-5(2)20-4-6(3-16-20)17-11-18-9(14)7(8(12)13)10(15)19-11/h3-5,13H,1-2H3,(H5,14,15,17,18,19). The third-order valence-corrected chi connectivity index (χ3v) is 2.76. The Morgan fingerprint density at radius 3 is 2.40 bits per heavy atom. The van der Waals surface area contributed by atoms with Gasteiger partial charge in [-0.3, -0.25) is 10.1 Å². The smallest absolute Gasteiger partial charge is 0.231 e. The molecule has 0 atom stereocenters. The number of halogens is 1. The molecule has 8 nitrogen and oxygen atoms in total. The van der Waals surface area contributed by atoms with Crippen molar-refractivity contribution in [1.82, 2.24) is 19.7 Å². The van der Waals surface area contributed by atoms with Gasteiger partial charge in [-0.15, -0.1) is 0 Å². The lowest BCUT2D eigenvalue weighted by Gasteiger charge is -2.08. The fraction of sp³-hybridized carbons (Fsp3) is 0.273. The molecule has 2 rings (SSSR count). The highest BCUT2D eigenvalue weighted by molar-refractivity contribution is 6.69. The highest BCUT2D eigenvalue weighted by Gasteiger charge is 2.13. The van der Waals surface area contributed by atoms with Crippen molar-refractivity contribution >= 4 is 40.0 Å². The summed E-state index contributed by atoms with van der Waals surface area (Å²) < 4.78 is 1.79. The van der Waals surface area contributed by atoms with Crippen LogP contribution in [0.2, 0.25) is 0 Å². The summed E-state index contributed by atoms with van der Waals surface area (Å²) in [5.41, 5.74) is 12.3. The molecule has 0 saturated carbocycles. The van der Waals surface area contributed by atoms with Crippen LogP contribution in [0.15, 0.2) is 12.4 Å². The molecule has 0 spiro atoms. The summed E-state index contributed by atoms with van der Waals surface area (Å²) in [5.74, 6) is 0.331. The minimum atomic E-state index is -0.292. The monoisotopic (exact) mass is 294 g/mol. The van der Waals surface area contributed by atoms with Gasteiger partial charge in [0.1, 0.15) is 16.8 Å². The lowest BCUT2D eigenvalue weighted by Crippen LogP contribution is -2.10. The number of aromatic nitrogens is 4. The SMILES string of the molecule is CC(C)n1cc(Nc2nc(N)c(C(=N)Cl)c(N)n2)cn1. The Kier molecular flexibility index (Phi) is 3.75. The topological polar surface area (TPSA) is 132 Å². The van der Waals surface area contributed by atoms with Crippen LogP contribution in [0.4, 0.5) is 23.3 Å². The maximum atomic E-state index is 7.35. The number of rotatable bonds is 4. The summed E-state index contributed by atoms with van der Waals surface area (Å²) >= 11 is 5.57. The molecule has 0 radical (unpaired) electrons. The average molecular weight is 295 g/mol. The summed E-state index contributed by atoms with van der Waals surface area (Å²) in [7, 11) is 0. The fourth-order valence-corrected chi connectivity index (χ4v) is 1.78. The Bertz CT molecular complexity index is 625. The number of nitrogens with two attached hydrogens (primary N) is 2. The van der Waals surface area contributed by atoms with Gasteiger partial charge in [0.2, 0.25) is 5.95 Å². The first-order valence-corrected chi connectivity index (χ1v) is 6.25. The number of hydrogen-bond acceptors (Lipinski definition) is 7. The Labute approximate surface area is 120 Å². The molecule has 6 N–H and O–H groups in total. The van der Waals surface area contributed by atoms with Crippen LogP contribution in [0, 0.1) is 5.41 Å². The minimum Gasteiger partial charge on any atom is -0.383 e. The first-order chi connectivity index (χ1) is 9.38. The third-order valence-electron chi connectivity index (χ3n) is 2.57. The molecular weight excluding hydrogens is 280 g/mol. The van der Waals surface area contributed by atoms with Crippen LogP contribution in [-0.2, 0) is 0 Å². The van der Waals surface area contributed by atoms with E-state index < -0.39 is 0 Å². The first kappa shape index (κ1) is 14.1. The zero-order valence-corrected chi connectivity index (χ0v) is 11.8. The second kappa shape index (κ2) is 5.33. The molecule has 0 aliphatic carbocycles. The molecule has 0 aromatic carbocycles. The first-order valence-electron chi connectivity index (χ1n) is 5.87. The van der Waals surface area contributed by atoms with Gasteiger partial charge in [-0.05, 0) is 13.8 Å². The van der Waals surface area contributed by atoms with Crippen molar-refractivity contribution in [2.45, 2.75) is 19.9 Å². The number of nitrogens with one attached hydrogen (secondary N) is 2. The Morgan fingerprint density at radius 1 is 1.35 bits per heavy atom. The molecule has 0 saturated heterocycles. The summed E-state index contributed by atoms with van der Waals surface area (Å²) in [6, 6.07) is 0.251. The van der Waals surface area contributed by atoms with Crippen molar-refractivity contribution in [2.75, 3.05) is 16.8 Å². The maximum absolute atomic E-state index is 7.35. The predicted octanol–water partition coefficient (Wildman–Crippen LogP) is 1.73. The van der Waals surface area contributed by atoms with Gasteiger partial charge >= 0.3 is 0 Å². The highest BCUT2D eigenvalue weighted by atomic mass is 35.5. The summed E-state index contributed by atoms with van der Waals surface area (Å²) in [4.78, 5) is 8.04. The van der Waals surface area contributed by atoms with Gasteiger partial charge in [0.25, 0.3) is 0 Å². The normalized spacial score (nSPS) is 10.8. The van der Waals surface area contributed by atoms with E-state index in [4.69, 9.17) is 28.5 Å². The van der Waals surface area contributed by atoms with Crippen molar-refractivity contribution in [3.05, 3.63) is 18.0 Å². The van der Waals surface area contributed by atoms with Gasteiger partial charge in [0.15, 0.2) is 0 Å². The molecular formula is C11H15ClN8. The molecule has 9 heteroatoms. The Morgan fingerprint density at radius 2 is 1.95 bits per heavy atom. The minimum absolute atomic E-state index is 0.0521. The second-order valence-electron chi connectivity index (χ2n) is 4.43. The fourth-order valence-electron chi connectivity index (χ4n) is 1.59. The number of hydrogen-bond donors (Lipinski definition) is 4. The van der Waals surface area contributed by atoms with E-state index in [1.807, 2.05) is 20.0 Å². The van der Waals surface area contributed by atoms with Crippen molar-refractivity contribution in [2.24, 2.45) is 0 Å². The average Bonchev–Trinajstić information content (AvgIpc) is 2.75. The van der Waals surface area contributed by atoms with Gasteiger partial charge in [0, 0.05) is 12.2 Å². The molecule has 0 unspecified atom stereocenters. The Balaban J connectivity index is 2.28. The van der Waals surface area contributed by atoms with E-state index in [9.17, 15) is 0 Å². The predicted molar refractivity (Wildman–Crippen MR) is 79.4 cm³/mol. The number of anilines is 4. The molecule has 2 heterocycles. The van der Waals surface area contributed by atoms with Crippen molar-refractivity contribution in [3.8, 4) is 0 Å². The van der Waals surface area contributed by atoms with E-state index in [1.54, 1.807) is 10.9 Å². The summed E-state index contributed by atoms with van der Waals surface area (Å²) in [6.07, 6.45) is 3.46. The molecule has 0 amide bonds. The maximum Gasteiger partial charge on any atom is 0.231 e. The molecule has 2 aromatic rings. The quantitative estimate of drug-likeness (QED) is 0.635. The summed E-state index contributed by atoms with van der Waals surface area (Å²) in [5, 5.41) is 14.2. The molecule has 0 aliphatic rings. The lowest BCUT2D eigenvalue weighted by atomic mass is 10.3. The molecule has 2 aromatic heterocycles. The van der Waals surface area contributed by atoms with Gasteiger partial charge < -0.3 is 16.8 Å². The van der Waals surface area contributed by atoms with Gasteiger partial charge in [-0.1, -0.05) is 11.6 Å². The third kappa shape index (κ3) is 2.80. The second-order valence-corrected chi connectivity index (χ2v) is 4.81. The van der Waals surface area contributed by atoms with E-state index >= 15 is 0 Å². The van der Waals surface area contributed by atoms with Crippen LogP contribution in [-0.4, -0.2) is 24.9 Å². The van der Waals surface area contributed by atoms with Crippen LogP contribution in [0.1, 0.15) is 25.5 Å². The van der Waals surface area contributed by atoms with E-state index in [-0.39, 0.29) is 34.4 Å². The van der Waals surface area contributed by atoms with E-state index in [1.165, 1.54) is 0 Å². The van der Waals surface area contributed by atoms with Crippen LogP contribution in [0.3, 0.4) is 0 Å². The molecule has 0 fully saturated rings. The van der Waals surface area contributed by atoms with Gasteiger partial charge in [-0.25, -0.2) is 0 Å². The Hall–Kier alpha value is -2.35. The summed E-state index contributed by atoms with van der Waals surface area (Å²) in [6.45, 7) is 4.04. The highest BCUT2D eigenvalue weighted by Crippen LogP contribution is 2.22. The van der Waals surface area contributed by atoms with Gasteiger partial charge in [0.05, 0.1) is 17.4 Å². The zero-order chi connectivity index (χ0) is 14.9. The molecule has 20 heavy (non-hydrogen) atoms. The van der Waals surface area contributed by atoms with Crippen LogP contribution < -0.4 is 16.8 Å². The van der Waals surface area contributed by atoms with Crippen molar-refractivity contribution < 1.29 is 0 Å². The van der Waals surface area contributed by atoms with E-state index in [0.717, 1.165) is 0 Å². The largest absolute Gasteiger partial charge is 0.383 e. The number of nitrogens with zero attached hydrogens (tertiary/aromatic N) is 4. The van der Waals surface area contributed by atoms with Crippen molar-refractivity contribution in [3.63, 3.8) is 0 Å². The molecule has 106 valence electrons.